The number of hydrazine groups is 1. The van der Waals surface area contributed by atoms with Gasteiger partial charge in [-0.2, -0.15) is 0 Å². The normalized spacial score (nSPS) is 13.6. The minimum atomic E-state index is 0.0169. The van der Waals surface area contributed by atoms with Gasteiger partial charge in [-0.25, -0.2) is 0 Å². The molecule has 0 fully saturated rings. The van der Waals surface area contributed by atoms with Crippen LogP contribution in [0.4, 0.5) is 0 Å². The van der Waals surface area contributed by atoms with Gasteiger partial charge in [-0.15, -0.1) is 0 Å². The molecule has 0 heterocycles. The molecule has 0 rings (SSSR count). The molecule has 0 aliphatic heterocycles. The molecule has 0 bridgehead atoms. The van der Waals surface area contributed by atoms with Crippen LogP contribution in [0.25, 0.3) is 0 Å². The van der Waals surface area contributed by atoms with Gasteiger partial charge in [0, 0.05) is 5.54 Å². The van der Waals surface area contributed by atoms with Crippen LogP contribution in [-0.4, -0.2) is 5.54 Å². The van der Waals surface area contributed by atoms with Crippen molar-refractivity contribution < 1.29 is 0 Å². The third-order valence-corrected chi connectivity index (χ3v) is 2.93. The first kappa shape index (κ1) is 10.9. The molecule has 2 heteroatoms. The van der Waals surface area contributed by atoms with Gasteiger partial charge in [0.15, 0.2) is 0 Å². The zero-order valence-corrected chi connectivity index (χ0v) is 8.49. The number of rotatable bonds is 4. The van der Waals surface area contributed by atoms with Crippen molar-refractivity contribution in [1.82, 2.24) is 5.43 Å². The van der Waals surface area contributed by atoms with Crippen molar-refractivity contribution in [3.05, 3.63) is 0 Å². The van der Waals surface area contributed by atoms with E-state index in [9.17, 15) is 0 Å². The molecule has 0 radical (unpaired) electrons. The highest BCUT2D eigenvalue weighted by molar-refractivity contribution is 4.90. The summed E-state index contributed by atoms with van der Waals surface area (Å²) in [5.74, 6) is 5.47. The first-order valence-corrected chi connectivity index (χ1v) is 4.35. The van der Waals surface area contributed by atoms with Crippen LogP contribution >= 0.6 is 0 Å². The van der Waals surface area contributed by atoms with Crippen LogP contribution in [0.1, 0.15) is 47.5 Å². The van der Waals surface area contributed by atoms with Crippen molar-refractivity contribution >= 4 is 0 Å². The molecule has 0 spiro atoms. The maximum absolute atomic E-state index is 5.47. The first-order chi connectivity index (χ1) is 4.87. The fourth-order valence-corrected chi connectivity index (χ4v) is 1.13. The fourth-order valence-electron chi connectivity index (χ4n) is 1.13. The van der Waals surface area contributed by atoms with Gasteiger partial charge in [0.25, 0.3) is 0 Å². The summed E-state index contributed by atoms with van der Waals surface area (Å²) in [6.07, 6.45) is 2.41. The van der Waals surface area contributed by atoms with Crippen LogP contribution in [0.3, 0.4) is 0 Å². The lowest BCUT2D eigenvalue weighted by molar-refractivity contribution is 0.141. The van der Waals surface area contributed by atoms with Crippen LogP contribution in [0.5, 0.6) is 0 Å². The van der Waals surface area contributed by atoms with Gasteiger partial charge in [0.1, 0.15) is 0 Å². The van der Waals surface area contributed by atoms with Crippen molar-refractivity contribution in [3.8, 4) is 0 Å². The summed E-state index contributed by atoms with van der Waals surface area (Å²) in [5.41, 5.74) is 3.14. The van der Waals surface area contributed by atoms with Gasteiger partial charge in [0.2, 0.25) is 0 Å². The molecule has 0 saturated carbocycles. The van der Waals surface area contributed by atoms with Gasteiger partial charge in [-0.3, -0.25) is 11.3 Å². The second kappa shape index (κ2) is 3.55. The number of hydrogen-bond donors (Lipinski definition) is 2. The smallest absolute Gasteiger partial charge is 0.0315 e. The summed E-state index contributed by atoms with van der Waals surface area (Å²) >= 11 is 0. The van der Waals surface area contributed by atoms with E-state index in [4.69, 9.17) is 5.84 Å². The Balaban J connectivity index is 4.26. The van der Waals surface area contributed by atoms with Crippen molar-refractivity contribution in [1.29, 1.82) is 0 Å². The predicted octanol–water partition coefficient (Wildman–Crippen LogP) is 2.05. The zero-order valence-electron chi connectivity index (χ0n) is 8.49. The summed E-state index contributed by atoms with van der Waals surface area (Å²) in [6, 6.07) is 0. The van der Waals surface area contributed by atoms with E-state index in [-0.39, 0.29) is 11.0 Å². The van der Waals surface area contributed by atoms with E-state index in [2.05, 4.69) is 40.0 Å². The van der Waals surface area contributed by atoms with Gasteiger partial charge >= 0.3 is 0 Å². The van der Waals surface area contributed by atoms with Gasteiger partial charge in [0.05, 0.1) is 0 Å². The molecule has 0 aromatic heterocycles. The fraction of sp³-hybridized carbons (Fsp3) is 1.00. The minimum Gasteiger partial charge on any atom is -0.271 e. The average Bonchev–Trinajstić information content (AvgIpc) is 1.87. The van der Waals surface area contributed by atoms with Crippen molar-refractivity contribution in [2.75, 3.05) is 0 Å². The topological polar surface area (TPSA) is 38.0 Å². The Bertz CT molecular complexity index is 117. The van der Waals surface area contributed by atoms with E-state index in [0.29, 0.717) is 0 Å². The molecule has 0 aromatic carbocycles. The van der Waals surface area contributed by atoms with Gasteiger partial charge in [-0.05, 0) is 25.7 Å². The molecule has 3 N–H and O–H groups in total. The van der Waals surface area contributed by atoms with Crippen molar-refractivity contribution in [2.24, 2.45) is 11.3 Å². The Morgan fingerprint density at radius 1 is 1.18 bits per heavy atom. The van der Waals surface area contributed by atoms with E-state index in [0.717, 1.165) is 0 Å². The Kier molecular flexibility index (Phi) is 3.52. The molecule has 68 valence electrons. The highest BCUT2D eigenvalue weighted by Crippen LogP contribution is 2.34. The minimum absolute atomic E-state index is 0.0169. The van der Waals surface area contributed by atoms with Crippen molar-refractivity contribution in [3.63, 3.8) is 0 Å². The van der Waals surface area contributed by atoms with E-state index < -0.39 is 0 Å². The lowest BCUT2D eigenvalue weighted by Crippen LogP contribution is -2.54. The standard InChI is InChI=1S/C9H22N2/c1-6-7-8(2,3)9(4,5)11-10/h11H,6-7,10H2,1-5H3. The van der Waals surface area contributed by atoms with E-state index in [1.165, 1.54) is 12.8 Å². The molecule has 0 aliphatic rings. The van der Waals surface area contributed by atoms with Crippen LogP contribution < -0.4 is 11.3 Å². The first-order valence-electron chi connectivity index (χ1n) is 4.35. The van der Waals surface area contributed by atoms with Crippen LogP contribution in [-0.2, 0) is 0 Å². The van der Waals surface area contributed by atoms with Gasteiger partial charge < -0.3 is 0 Å². The highest BCUT2D eigenvalue weighted by Gasteiger charge is 2.34. The lowest BCUT2D eigenvalue weighted by Gasteiger charge is -2.41. The van der Waals surface area contributed by atoms with Crippen LogP contribution in [0.15, 0.2) is 0 Å². The van der Waals surface area contributed by atoms with Crippen molar-refractivity contribution in [2.45, 2.75) is 53.0 Å². The monoisotopic (exact) mass is 158 g/mol. The van der Waals surface area contributed by atoms with E-state index in [1.807, 2.05) is 0 Å². The maximum Gasteiger partial charge on any atom is 0.0315 e. The van der Waals surface area contributed by atoms with E-state index in [1.54, 1.807) is 0 Å². The molecule has 0 saturated heterocycles. The largest absolute Gasteiger partial charge is 0.271 e. The molecule has 11 heavy (non-hydrogen) atoms. The predicted molar refractivity (Wildman–Crippen MR) is 50.1 cm³/mol. The number of nitrogens with one attached hydrogen (secondary N) is 1. The summed E-state index contributed by atoms with van der Waals surface area (Å²) in [5, 5.41) is 0. The molecule has 0 amide bonds. The summed E-state index contributed by atoms with van der Waals surface area (Å²) in [4.78, 5) is 0. The molecule has 0 aromatic rings. The SMILES string of the molecule is CCCC(C)(C)C(C)(C)NN. The molecule has 0 unspecified atom stereocenters. The number of nitrogens with two attached hydrogens (primary N) is 1. The van der Waals surface area contributed by atoms with E-state index >= 15 is 0 Å². The molecular formula is C9H22N2. The zero-order chi connectivity index (χ0) is 9.12. The Labute approximate surface area is 70.5 Å². The average molecular weight is 158 g/mol. The number of hydrogen-bond acceptors (Lipinski definition) is 2. The Morgan fingerprint density at radius 3 is 1.91 bits per heavy atom. The lowest BCUT2D eigenvalue weighted by atomic mass is 9.72. The van der Waals surface area contributed by atoms with Gasteiger partial charge in [-0.1, -0.05) is 27.2 Å². The molecule has 2 nitrogen and oxygen atoms in total. The second-order valence-electron chi connectivity index (χ2n) is 4.40. The highest BCUT2D eigenvalue weighted by atomic mass is 15.3. The molecule has 0 atom stereocenters. The molecule has 0 aliphatic carbocycles. The quantitative estimate of drug-likeness (QED) is 0.485. The second-order valence-corrected chi connectivity index (χ2v) is 4.40. The Hall–Kier alpha value is -0.0800. The third kappa shape index (κ3) is 2.46. The van der Waals surface area contributed by atoms with Crippen LogP contribution in [0.2, 0.25) is 0 Å². The third-order valence-electron chi connectivity index (χ3n) is 2.93. The summed E-state index contributed by atoms with van der Waals surface area (Å²) in [7, 11) is 0. The summed E-state index contributed by atoms with van der Waals surface area (Å²) in [6.45, 7) is 11.0. The Morgan fingerprint density at radius 2 is 1.64 bits per heavy atom. The molecular weight excluding hydrogens is 136 g/mol. The van der Waals surface area contributed by atoms with Crippen LogP contribution in [0, 0.1) is 5.41 Å². The summed E-state index contributed by atoms with van der Waals surface area (Å²) < 4.78 is 0. The maximum atomic E-state index is 5.47.